The molecule has 0 spiro atoms. The van der Waals surface area contributed by atoms with E-state index in [1.807, 2.05) is 6.07 Å². The molecular weight excluding hydrogens is 439 g/mol. The molecule has 2 aromatic carbocycles. The molecule has 0 saturated carbocycles. The number of nitrogens with one attached hydrogen (secondary N) is 1. The highest BCUT2D eigenvalue weighted by atomic mass is 19.4. The van der Waals surface area contributed by atoms with E-state index in [-0.39, 0.29) is 6.61 Å². The number of alkyl carbamates (subject to hydrolysis) is 1. The minimum absolute atomic E-state index is 0.00670. The Balaban J connectivity index is 2.15. The van der Waals surface area contributed by atoms with Crippen LogP contribution >= 0.6 is 0 Å². The summed E-state index contributed by atoms with van der Waals surface area (Å²) >= 11 is 0. The van der Waals surface area contributed by atoms with Crippen molar-refractivity contribution in [1.29, 1.82) is 0 Å². The van der Waals surface area contributed by atoms with Crippen LogP contribution in [0.1, 0.15) is 25.0 Å². The summed E-state index contributed by atoms with van der Waals surface area (Å²) in [6.07, 6.45) is -2.88. The van der Waals surface area contributed by atoms with Gasteiger partial charge in [-0.3, -0.25) is 0 Å². The second-order valence-electron chi connectivity index (χ2n) is 7.43. The number of methoxy groups -OCH3 is 1. The van der Waals surface area contributed by atoms with Crippen LogP contribution in [0.2, 0.25) is 0 Å². The van der Waals surface area contributed by atoms with E-state index in [0.29, 0.717) is 0 Å². The van der Waals surface area contributed by atoms with Crippen molar-refractivity contribution in [2.45, 2.75) is 37.8 Å². The molecule has 6 nitrogen and oxygen atoms in total. The third-order valence-corrected chi connectivity index (χ3v) is 4.81. The number of ether oxygens (including phenoxy) is 3. The van der Waals surface area contributed by atoms with Crippen LogP contribution < -0.4 is 5.32 Å². The van der Waals surface area contributed by atoms with Gasteiger partial charge in [-0.05, 0) is 19.4 Å². The number of carbonyl (C=O) groups is 2. The number of esters is 1. The van der Waals surface area contributed by atoms with Crippen LogP contribution in [0, 0.1) is 0 Å². The van der Waals surface area contributed by atoms with E-state index in [2.05, 4.69) is 5.32 Å². The van der Waals surface area contributed by atoms with Crippen molar-refractivity contribution in [3.8, 4) is 0 Å². The summed E-state index contributed by atoms with van der Waals surface area (Å²) in [5, 5.41) is 2.52. The van der Waals surface area contributed by atoms with Crippen LogP contribution in [0.15, 0.2) is 72.8 Å². The molecule has 2 rings (SSSR count). The van der Waals surface area contributed by atoms with E-state index < -0.39 is 41.5 Å². The summed E-state index contributed by atoms with van der Waals surface area (Å²) < 4.78 is 57.0. The minimum Gasteiger partial charge on any atom is -0.460 e. The van der Waals surface area contributed by atoms with Crippen molar-refractivity contribution in [2.75, 3.05) is 13.7 Å². The molecule has 0 heterocycles. The van der Waals surface area contributed by atoms with Gasteiger partial charge < -0.3 is 19.5 Å². The fourth-order valence-corrected chi connectivity index (χ4v) is 3.19. The molecular formula is C24H26F3NO5. The van der Waals surface area contributed by atoms with E-state index >= 15 is 0 Å². The predicted molar refractivity (Wildman–Crippen MR) is 115 cm³/mol. The van der Waals surface area contributed by atoms with Gasteiger partial charge in [-0.2, -0.15) is 13.2 Å². The predicted octanol–water partition coefficient (Wildman–Crippen LogP) is 4.90. The Bertz CT molecular complexity index is 950. The highest BCUT2D eigenvalue weighted by Gasteiger charge is 2.64. The second kappa shape index (κ2) is 11.0. The van der Waals surface area contributed by atoms with Crippen LogP contribution in [-0.2, 0) is 31.2 Å². The van der Waals surface area contributed by atoms with Gasteiger partial charge in [0.1, 0.15) is 13.2 Å². The molecule has 0 unspecified atom stereocenters. The van der Waals surface area contributed by atoms with Gasteiger partial charge >= 0.3 is 18.2 Å². The average molecular weight is 465 g/mol. The average Bonchev–Trinajstić information content (AvgIpc) is 2.78. The fourth-order valence-electron chi connectivity index (χ4n) is 3.19. The molecule has 0 aliphatic heterocycles. The van der Waals surface area contributed by atoms with Crippen molar-refractivity contribution in [2.24, 2.45) is 0 Å². The molecule has 0 aliphatic carbocycles. The highest BCUT2D eigenvalue weighted by Crippen LogP contribution is 2.43. The van der Waals surface area contributed by atoms with Crippen molar-refractivity contribution in [3.63, 3.8) is 0 Å². The lowest BCUT2D eigenvalue weighted by Gasteiger charge is -2.34. The number of benzene rings is 2. The second-order valence-corrected chi connectivity index (χ2v) is 7.43. The van der Waals surface area contributed by atoms with Crippen molar-refractivity contribution in [1.82, 2.24) is 5.32 Å². The maximum absolute atomic E-state index is 14.0. The number of hydrogen-bond acceptors (Lipinski definition) is 5. The third kappa shape index (κ3) is 6.35. The Hall–Kier alpha value is -3.33. The van der Waals surface area contributed by atoms with E-state index in [1.54, 1.807) is 37.3 Å². The molecule has 1 amide bonds. The highest BCUT2D eigenvalue weighted by molar-refractivity contribution is 5.82. The molecule has 0 aliphatic rings. The Labute approximate surface area is 190 Å². The Morgan fingerprint density at radius 2 is 1.55 bits per heavy atom. The van der Waals surface area contributed by atoms with Gasteiger partial charge in [-0.15, -0.1) is 0 Å². The fraction of sp³-hybridized carbons (Fsp3) is 0.333. The molecule has 33 heavy (non-hydrogen) atoms. The molecule has 1 N–H and O–H groups in total. The van der Waals surface area contributed by atoms with Crippen LogP contribution in [-0.4, -0.2) is 37.5 Å². The van der Waals surface area contributed by atoms with E-state index in [0.717, 1.165) is 24.8 Å². The summed E-state index contributed by atoms with van der Waals surface area (Å²) in [4.78, 5) is 25.0. The number of amides is 1. The first kappa shape index (κ1) is 25.9. The lowest BCUT2D eigenvalue weighted by molar-refractivity contribution is -0.276. The zero-order chi connectivity index (χ0) is 24.5. The molecule has 0 radical (unpaired) electrons. The number of allylic oxidation sites excluding steroid dienone is 1. The van der Waals surface area contributed by atoms with Gasteiger partial charge in [0, 0.05) is 12.7 Å². The summed E-state index contributed by atoms with van der Waals surface area (Å²) in [6.45, 7) is 2.53. The quantitative estimate of drug-likeness (QED) is 0.422. The van der Waals surface area contributed by atoms with E-state index in [9.17, 15) is 22.8 Å². The van der Waals surface area contributed by atoms with Crippen molar-refractivity contribution >= 4 is 12.1 Å². The number of rotatable bonds is 9. The van der Waals surface area contributed by atoms with Gasteiger partial charge in [0.15, 0.2) is 0 Å². The largest absolute Gasteiger partial charge is 0.460 e. The van der Waals surface area contributed by atoms with E-state index in [1.165, 1.54) is 31.2 Å². The number of alkyl halides is 3. The first-order valence-corrected chi connectivity index (χ1v) is 10.1. The maximum Gasteiger partial charge on any atom is 0.432 e. The smallest absolute Gasteiger partial charge is 0.432 e. The van der Waals surface area contributed by atoms with Crippen LogP contribution in [0.5, 0.6) is 0 Å². The number of halogens is 3. The van der Waals surface area contributed by atoms with Gasteiger partial charge in [0.05, 0.1) is 5.54 Å². The molecule has 0 bridgehead atoms. The topological polar surface area (TPSA) is 73.9 Å². The maximum atomic E-state index is 14.0. The van der Waals surface area contributed by atoms with E-state index in [4.69, 9.17) is 14.2 Å². The molecule has 0 saturated heterocycles. The van der Waals surface area contributed by atoms with Crippen LogP contribution in [0.3, 0.4) is 0 Å². The molecule has 2 aromatic rings. The summed E-state index contributed by atoms with van der Waals surface area (Å²) in [5.74, 6) is -1.65. The van der Waals surface area contributed by atoms with Crippen LogP contribution in [0.4, 0.5) is 18.0 Å². The first-order chi connectivity index (χ1) is 15.6. The molecule has 9 heteroatoms. The Kier molecular flexibility index (Phi) is 8.64. The summed E-state index contributed by atoms with van der Waals surface area (Å²) in [5.41, 5.74) is -4.32. The van der Waals surface area contributed by atoms with Gasteiger partial charge in [0.2, 0.25) is 0 Å². The molecule has 178 valence electrons. The lowest BCUT2D eigenvalue weighted by Crippen LogP contribution is -2.54. The van der Waals surface area contributed by atoms with Gasteiger partial charge in [-0.1, -0.05) is 72.8 Å². The minimum atomic E-state index is -5.10. The van der Waals surface area contributed by atoms with Crippen molar-refractivity contribution < 1.29 is 37.0 Å². The Morgan fingerprint density at radius 1 is 0.970 bits per heavy atom. The molecule has 0 fully saturated rings. The summed E-state index contributed by atoms with van der Waals surface area (Å²) in [6, 6.07) is 15.4. The van der Waals surface area contributed by atoms with Crippen molar-refractivity contribution in [3.05, 3.63) is 83.9 Å². The van der Waals surface area contributed by atoms with Crippen LogP contribution in [0.25, 0.3) is 0 Å². The first-order valence-electron chi connectivity index (χ1n) is 10.1. The normalized spacial score (nSPS) is 15.3. The summed E-state index contributed by atoms with van der Waals surface area (Å²) in [7, 11) is 0.784. The van der Waals surface area contributed by atoms with Gasteiger partial charge in [-0.25, -0.2) is 9.59 Å². The number of hydrogen-bond donors (Lipinski definition) is 1. The third-order valence-electron chi connectivity index (χ3n) is 4.81. The zero-order valence-corrected chi connectivity index (χ0v) is 18.5. The molecule has 2 atom stereocenters. The standard InChI is InChI=1S/C24H26F3NO5/c1-4-15-22(2,28-21(30)32-16-18-11-7-5-8-12-18)17-33-20(29)23(31-3,24(25,26)27)19-13-9-6-10-14-19/h4-15H,16-17H2,1-3H3,(H,28,30)/b15-4+/t22-,23-/m1/s1. The Morgan fingerprint density at radius 3 is 2.06 bits per heavy atom. The lowest BCUT2D eigenvalue weighted by atomic mass is 9.92. The zero-order valence-electron chi connectivity index (χ0n) is 18.5. The SMILES string of the molecule is C/C=C/[C@](C)(COC(=O)[C@](OC)(c1ccccc1)C(F)(F)F)NC(=O)OCc1ccccc1. The number of carbonyl (C=O) groups excluding carboxylic acids is 2. The molecule has 0 aromatic heterocycles. The van der Waals surface area contributed by atoms with Gasteiger partial charge in [0.25, 0.3) is 5.60 Å². The monoisotopic (exact) mass is 465 g/mol.